The Hall–Kier alpha value is -5.35. The van der Waals surface area contributed by atoms with Gasteiger partial charge in [-0.05, 0) is 161 Å². The molecule has 0 saturated heterocycles. The molecule has 0 rings (SSSR count). The van der Waals surface area contributed by atoms with Crippen molar-refractivity contribution in [3.05, 3.63) is 182 Å². The monoisotopic (exact) mass is 1790 g/mol. The normalized spacial score (nSPS) is 14.5. The lowest BCUT2D eigenvalue weighted by Gasteiger charge is -2.21. The fraction of sp³-hybridized carbons (Fsp3) is 0.692. The van der Waals surface area contributed by atoms with Crippen LogP contribution in [0.25, 0.3) is 0 Å². The number of allylic oxidation sites excluding steroid dienone is 30. The van der Waals surface area contributed by atoms with Crippen LogP contribution in [-0.4, -0.2) is 95.9 Å². The molecule has 0 bridgehead atoms. The molecule has 0 amide bonds. The number of hydrogen-bond donors (Lipinski definition) is 4. The molecular formula is C107H182O16P2. The number of carbonyl (C=O) groups is 3. The van der Waals surface area contributed by atoms with Gasteiger partial charge in [0.2, 0.25) is 0 Å². The van der Waals surface area contributed by atoms with Crippen LogP contribution in [0.4, 0.5) is 0 Å². The minimum Gasteiger partial charge on any atom is -0.463 e. The van der Waals surface area contributed by atoms with Gasteiger partial charge < -0.3 is 34.2 Å². The molecule has 0 radical (unpaired) electrons. The highest BCUT2D eigenvalue weighted by Gasteiger charge is 2.30. The van der Waals surface area contributed by atoms with Crippen LogP contribution < -0.4 is 0 Å². The standard InChI is InChI=1S/C107H182O16P2/c1-4-7-10-13-16-19-22-25-28-31-34-37-40-43-45-47-48-49-50-51-52-54-56-58-60-63-66-69-72-75-78-81-84-87-90-93-105(110)117-96-102(108)97-119-124(113,114)120-98-103(109)99-121-125(115,116)122-101-104(123-107(112)95-92-89-86-83-80-77-74-71-68-65-62-57-42-39-36-33-30-27-24-21-18-15-12-9-6-3)100-118-106(111)94-91-88-85-82-79-76-73-70-67-64-61-59-55-53-46-44-41-38-35-32-29-26-23-20-17-14-11-8-5-2/h7,9-10,12,16-21,25-30,34-39,43-46,57,62,68,71,102-104,108-109H,4-6,8,11,13-15,22-24,31-33,40-42,47-56,58-61,63-67,69-70,72-101H2,1-3H3,(H,113,114)(H,115,116)/b10-7-,12-9-,19-16-,20-17-,21-18-,28-25-,29-26-,30-27-,37-34-,38-35-,39-36-,45-43-,46-44-,62-57-,71-68-. The van der Waals surface area contributed by atoms with Crippen molar-refractivity contribution in [3.8, 4) is 0 Å². The van der Waals surface area contributed by atoms with Crippen molar-refractivity contribution in [2.75, 3.05) is 39.6 Å². The Morgan fingerprint density at radius 3 is 0.672 bits per heavy atom. The van der Waals surface area contributed by atoms with Gasteiger partial charge in [-0.2, -0.15) is 0 Å². The van der Waals surface area contributed by atoms with Gasteiger partial charge in [0.15, 0.2) is 6.10 Å². The van der Waals surface area contributed by atoms with E-state index in [4.69, 9.17) is 32.3 Å². The number of hydrogen-bond acceptors (Lipinski definition) is 14. The van der Waals surface area contributed by atoms with E-state index in [-0.39, 0.29) is 19.3 Å². The van der Waals surface area contributed by atoms with Crippen LogP contribution in [0.5, 0.6) is 0 Å². The Morgan fingerprint density at radius 2 is 0.424 bits per heavy atom. The zero-order chi connectivity index (χ0) is 90.7. The first kappa shape index (κ1) is 120. The van der Waals surface area contributed by atoms with Crippen molar-refractivity contribution < 1.29 is 75.8 Å². The van der Waals surface area contributed by atoms with Crippen molar-refractivity contribution >= 4 is 33.6 Å². The minimum absolute atomic E-state index is 0.0825. The van der Waals surface area contributed by atoms with Crippen LogP contribution in [0.2, 0.25) is 0 Å². The average Bonchev–Trinajstić information content (AvgIpc) is 0.900. The van der Waals surface area contributed by atoms with E-state index in [0.717, 1.165) is 180 Å². The molecule has 0 aliphatic rings. The molecule has 5 atom stereocenters. The number of aliphatic hydroxyl groups excluding tert-OH is 2. The molecule has 0 aromatic rings. The summed E-state index contributed by atoms with van der Waals surface area (Å²) in [6, 6.07) is 0. The molecule has 716 valence electrons. The molecule has 0 aromatic carbocycles. The summed E-state index contributed by atoms with van der Waals surface area (Å²) in [6.45, 7) is 2.47. The highest BCUT2D eigenvalue weighted by atomic mass is 31.2. The van der Waals surface area contributed by atoms with Crippen LogP contribution in [0.15, 0.2) is 182 Å². The number of ether oxygens (including phenoxy) is 3. The molecule has 5 unspecified atom stereocenters. The number of rotatable bonds is 94. The van der Waals surface area contributed by atoms with Gasteiger partial charge in [0.25, 0.3) is 0 Å². The van der Waals surface area contributed by atoms with Crippen molar-refractivity contribution in [2.45, 2.75) is 437 Å². The summed E-state index contributed by atoms with van der Waals surface area (Å²) in [5, 5.41) is 20.8. The molecule has 0 fully saturated rings. The van der Waals surface area contributed by atoms with Gasteiger partial charge in [-0.3, -0.25) is 32.5 Å². The molecule has 0 aliphatic carbocycles. The third kappa shape index (κ3) is 99.1. The Bertz CT molecular complexity index is 3000. The van der Waals surface area contributed by atoms with Crippen LogP contribution in [0.1, 0.15) is 419 Å². The Balaban J connectivity index is 4.58. The van der Waals surface area contributed by atoms with E-state index in [1.807, 2.05) is 0 Å². The summed E-state index contributed by atoms with van der Waals surface area (Å²) >= 11 is 0. The Labute approximate surface area is 764 Å². The maximum atomic E-state index is 13.1. The van der Waals surface area contributed by atoms with Gasteiger partial charge in [-0.15, -0.1) is 0 Å². The third-order valence-electron chi connectivity index (χ3n) is 21.1. The number of esters is 3. The quantitative estimate of drug-likeness (QED) is 0.0146. The number of phosphoric acid groups is 2. The van der Waals surface area contributed by atoms with Gasteiger partial charge >= 0.3 is 33.6 Å². The van der Waals surface area contributed by atoms with Crippen molar-refractivity contribution in [2.24, 2.45) is 0 Å². The van der Waals surface area contributed by atoms with E-state index >= 15 is 0 Å². The van der Waals surface area contributed by atoms with Gasteiger partial charge in [0.05, 0.1) is 26.4 Å². The van der Waals surface area contributed by atoms with Crippen LogP contribution >= 0.6 is 15.6 Å². The zero-order valence-corrected chi connectivity index (χ0v) is 81.0. The number of carbonyl (C=O) groups excluding carboxylic acids is 3. The fourth-order valence-electron chi connectivity index (χ4n) is 13.6. The molecule has 18 heteroatoms. The van der Waals surface area contributed by atoms with Gasteiger partial charge in [0, 0.05) is 19.3 Å². The van der Waals surface area contributed by atoms with E-state index in [1.54, 1.807) is 0 Å². The second-order valence-electron chi connectivity index (χ2n) is 33.2. The SMILES string of the molecule is CC/C=C\C/C=C\C/C=C\C/C=C\C/C=C\C/C=C\CCCCCCCCC(=O)OC(COC(=O)CCCCCCCCCCCCCCC/C=C\C/C=C\C/C=C\C/C=C\CCCCC)COP(=O)(O)OCC(O)COP(=O)(O)OCC(O)COC(=O)CCCCCCCCCCCCCCCCCCCCC/C=C\C/C=C\C/C=C\C/C=C\C/C=C\CC. The Morgan fingerprint density at radius 1 is 0.232 bits per heavy atom. The first-order chi connectivity index (χ1) is 61.2. The third-order valence-corrected chi connectivity index (χ3v) is 23.0. The van der Waals surface area contributed by atoms with Crippen LogP contribution in [0, 0.1) is 0 Å². The molecule has 16 nitrogen and oxygen atoms in total. The molecular weight excluding hydrogens is 1600 g/mol. The maximum Gasteiger partial charge on any atom is 0.472 e. The van der Waals surface area contributed by atoms with E-state index in [0.29, 0.717) is 19.3 Å². The summed E-state index contributed by atoms with van der Waals surface area (Å²) < 4.78 is 61.6. The molecule has 0 spiro atoms. The summed E-state index contributed by atoms with van der Waals surface area (Å²) in [5.74, 6) is -1.58. The topological polar surface area (TPSA) is 231 Å². The van der Waals surface area contributed by atoms with E-state index in [9.17, 15) is 43.5 Å². The summed E-state index contributed by atoms with van der Waals surface area (Å²) in [6.07, 6.45) is 129. The maximum absolute atomic E-state index is 13.1. The minimum atomic E-state index is -4.95. The molecule has 125 heavy (non-hydrogen) atoms. The zero-order valence-electron chi connectivity index (χ0n) is 79.2. The van der Waals surface area contributed by atoms with Gasteiger partial charge in [-0.25, -0.2) is 9.13 Å². The number of unbranched alkanes of at least 4 members (excludes halogenated alkanes) is 41. The van der Waals surface area contributed by atoms with E-state index in [1.165, 1.54) is 180 Å². The fourth-order valence-corrected chi connectivity index (χ4v) is 15.2. The summed E-state index contributed by atoms with van der Waals surface area (Å²) in [7, 11) is -9.82. The van der Waals surface area contributed by atoms with Gasteiger partial charge in [-0.1, -0.05) is 421 Å². The average molecular weight is 1790 g/mol. The second kappa shape index (κ2) is 97.7. The predicted molar refractivity (Wildman–Crippen MR) is 528 cm³/mol. The Kier molecular flexibility index (Phi) is 93.5. The highest BCUT2D eigenvalue weighted by Crippen LogP contribution is 2.45. The predicted octanol–water partition coefficient (Wildman–Crippen LogP) is 31.6. The molecule has 0 aromatic heterocycles. The lowest BCUT2D eigenvalue weighted by Crippen LogP contribution is -2.30. The van der Waals surface area contributed by atoms with E-state index in [2.05, 4.69) is 203 Å². The first-order valence-corrected chi connectivity index (χ1v) is 53.1. The second-order valence-corrected chi connectivity index (χ2v) is 36.1. The molecule has 0 aliphatic heterocycles. The van der Waals surface area contributed by atoms with Crippen molar-refractivity contribution in [3.63, 3.8) is 0 Å². The van der Waals surface area contributed by atoms with E-state index < -0.39 is 91.5 Å². The van der Waals surface area contributed by atoms with Crippen LogP contribution in [0.3, 0.4) is 0 Å². The molecule has 4 N–H and O–H groups in total. The first-order valence-electron chi connectivity index (χ1n) is 50.1. The molecule has 0 saturated carbocycles. The lowest BCUT2D eigenvalue weighted by atomic mass is 10.0. The number of phosphoric ester groups is 2. The van der Waals surface area contributed by atoms with Gasteiger partial charge in [0.1, 0.15) is 25.4 Å². The highest BCUT2D eigenvalue weighted by molar-refractivity contribution is 7.47. The smallest absolute Gasteiger partial charge is 0.463 e. The van der Waals surface area contributed by atoms with Crippen molar-refractivity contribution in [1.82, 2.24) is 0 Å². The summed E-state index contributed by atoms with van der Waals surface area (Å²) in [5.41, 5.74) is 0. The largest absolute Gasteiger partial charge is 0.472 e. The lowest BCUT2D eigenvalue weighted by molar-refractivity contribution is -0.161. The summed E-state index contributed by atoms with van der Waals surface area (Å²) in [4.78, 5) is 59.2. The number of aliphatic hydroxyl groups is 2. The van der Waals surface area contributed by atoms with Crippen LogP contribution in [-0.2, 0) is 55.8 Å². The van der Waals surface area contributed by atoms with Crippen molar-refractivity contribution in [1.29, 1.82) is 0 Å². The molecule has 0 heterocycles.